The zero-order chi connectivity index (χ0) is 18.9. The molecule has 0 atom stereocenters. The Bertz CT molecular complexity index is 796. The van der Waals surface area contributed by atoms with Crippen LogP contribution >= 0.6 is 12.2 Å². The van der Waals surface area contributed by atoms with Crippen molar-refractivity contribution in [2.45, 2.75) is 6.42 Å². The van der Waals surface area contributed by atoms with Gasteiger partial charge in [0.2, 0.25) is 5.91 Å². The number of thiocarbonyl (C=S) groups is 1. The monoisotopic (exact) mass is 373 g/mol. The lowest BCUT2D eigenvalue weighted by atomic mass is 10.1. The van der Waals surface area contributed by atoms with Crippen LogP contribution in [0, 0.1) is 0 Å². The number of carbonyl (C=O) groups excluding carboxylic acids is 2. The zero-order valence-corrected chi connectivity index (χ0v) is 15.2. The van der Waals surface area contributed by atoms with Crippen LogP contribution in [0.1, 0.15) is 15.9 Å². The Morgan fingerprint density at radius 1 is 0.962 bits per heavy atom. The van der Waals surface area contributed by atoms with Crippen LogP contribution in [0.4, 0.5) is 0 Å². The number of hydrogen-bond donors (Lipinski definition) is 3. The van der Waals surface area contributed by atoms with Gasteiger partial charge in [-0.15, -0.1) is 0 Å². The summed E-state index contributed by atoms with van der Waals surface area (Å²) >= 11 is 5.00. The molecule has 136 valence electrons. The Morgan fingerprint density at radius 3 is 2.31 bits per heavy atom. The van der Waals surface area contributed by atoms with Crippen molar-refractivity contribution >= 4 is 29.1 Å². The summed E-state index contributed by atoms with van der Waals surface area (Å²) in [4.78, 5) is 24.1. The molecule has 0 saturated carbocycles. The Morgan fingerprint density at radius 2 is 1.65 bits per heavy atom. The van der Waals surface area contributed by atoms with Gasteiger partial charge in [-0.3, -0.25) is 20.4 Å². The highest BCUT2D eigenvalue weighted by Gasteiger charge is 2.11. The lowest BCUT2D eigenvalue weighted by Gasteiger charge is -2.12. The maximum Gasteiger partial charge on any atom is 0.269 e. The Balaban J connectivity index is 1.85. The lowest BCUT2D eigenvalue weighted by molar-refractivity contribution is -0.119. The molecule has 0 aliphatic heterocycles. The SMILES string of the molecule is COc1ccc(C(=O)NNC(=S)NC(=O)Cc2ccccc2)cc1OC. The highest BCUT2D eigenvalue weighted by atomic mass is 32.1. The molecule has 26 heavy (non-hydrogen) atoms. The van der Waals surface area contributed by atoms with Gasteiger partial charge in [0.25, 0.3) is 5.91 Å². The third-order valence-electron chi connectivity index (χ3n) is 3.40. The predicted octanol–water partition coefficient (Wildman–Crippen LogP) is 1.58. The minimum absolute atomic E-state index is 0.000224. The first-order chi connectivity index (χ1) is 12.5. The molecule has 0 aliphatic rings. The van der Waals surface area contributed by atoms with E-state index >= 15 is 0 Å². The van der Waals surface area contributed by atoms with Gasteiger partial charge in [-0.05, 0) is 36.0 Å². The topological polar surface area (TPSA) is 88.7 Å². The molecular weight excluding hydrogens is 354 g/mol. The summed E-state index contributed by atoms with van der Waals surface area (Å²) < 4.78 is 10.3. The third kappa shape index (κ3) is 5.45. The molecule has 2 aromatic carbocycles. The van der Waals surface area contributed by atoms with Crippen LogP contribution in [0.15, 0.2) is 48.5 Å². The van der Waals surface area contributed by atoms with Crippen molar-refractivity contribution < 1.29 is 19.1 Å². The van der Waals surface area contributed by atoms with E-state index in [1.54, 1.807) is 12.1 Å². The fourth-order valence-corrected chi connectivity index (χ4v) is 2.31. The smallest absolute Gasteiger partial charge is 0.269 e. The summed E-state index contributed by atoms with van der Waals surface area (Å²) in [6.07, 6.45) is 0.187. The number of methoxy groups -OCH3 is 2. The largest absolute Gasteiger partial charge is 0.493 e. The third-order valence-corrected chi connectivity index (χ3v) is 3.60. The van der Waals surface area contributed by atoms with Crippen molar-refractivity contribution in [3.63, 3.8) is 0 Å². The first-order valence-electron chi connectivity index (χ1n) is 7.69. The number of nitrogens with one attached hydrogen (secondary N) is 3. The van der Waals surface area contributed by atoms with E-state index in [9.17, 15) is 9.59 Å². The quantitative estimate of drug-likeness (QED) is 0.545. The maximum atomic E-state index is 12.2. The van der Waals surface area contributed by atoms with Gasteiger partial charge in [0.05, 0.1) is 20.6 Å². The van der Waals surface area contributed by atoms with Gasteiger partial charge in [-0.25, -0.2) is 0 Å². The van der Waals surface area contributed by atoms with Gasteiger partial charge in [-0.2, -0.15) is 0 Å². The van der Waals surface area contributed by atoms with Gasteiger partial charge >= 0.3 is 0 Å². The van der Waals surface area contributed by atoms with Gasteiger partial charge in [0.15, 0.2) is 16.6 Å². The molecule has 0 aromatic heterocycles. The lowest BCUT2D eigenvalue weighted by Crippen LogP contribution is -2.48. The van der Waals surface area contributed by atoms with Crippen LogP contribution in [-0.2, 0) is 11.2 Å². The number of hydrogen-bond acceptors (Lipinski definition) is 5. The minimum Gasteiger partial charge on any atom is -0.493 e. The minimum atomic E-state index is -0.439. The van der Waals surface area contributed by atoms with E-state index in [0.29, 0.717) is 17.1 Å². The Hall–Kier alpha value is -3.13. The van der Waals surface area contributed by atoms with Crippen molar-refractivity contribution in [1.82, 2.24) is 16.2 Å². The Kier molecular flexibility index (Phi) is 6.92. The van der Waals surface area contributed by atoms with Gasteiger partial charge < -0.3 is 14.8 Å². The molecule has 0 bridgehead atoms. The second kappa shape index (κ2) is 9.38. The molecule has 0 fully saturated rings. The normalized spacial score (nSPS) is 9.77. The van der Waals surface area contributed by atoms with E-state index in [4.69, 9.17) is 21.7 Å². The van der Waals surface area contributed by atoms with Crippen molar-refractivity contribution in [3.05, 3.63) is 59.7 Å². The molecule has 0 saturated heterocycles. The number of ether oxygens (including phenoxy) is 2. The van der Waals surface area contributed by atoms with Crippen molar-refractivity contribution in [1.29, 1.82) is 0 Å². The molecule has 2 amide bonds. The molecule has 0 heterocycles. The first-order valence-corrected chi connectivity index (χ1v) is 8.10. The Labute approximate surface area is 156 Å². The number of benzene rings is 2. The highest BCUT2D eigenvalue weighted by molar-refractivity contribution is 7.80. The first kappa shape index (κ1) is 19.2. The predicted molar refractivity (Wildman–Crippen MR) is 101 cm³/mol. The van der Waals surface area contributed by atoms with Gasteiger partial charge in [0.1, 0.15) is 0 Å². The second-order valence-electron chi connectivity index (χ2n) is 5.19. The van der Waals surface area contributed by atoms with Crippen LogP contribution in [0.3, 0.4) is 0 Å². The summed E-state index contributed by atoms with van der Waals surface area (Å²) in [5.74, 6) is 0.222. The van der Waals surface area contributed by atoms with Crippen LogP contribution in [0.2, 0.25) is 0 Å². The summed E-state index contributed by atoms with van der Waals surface area (Å²) in [6.45, 7) is 0. The number of carbonyl (C=O) groups is 2. The molecule has 8 heteroatoms. The van der Waals surface area contributed by atoms with Crippen LogP contribution in [0.5, 0.6) is 11.5 Å². The van der Waals surface area contributed by atoms with Gasteiger partial charge in [-0.1, -0.05) is 30.3 Å². The van der Waals surface area contributed by atoms with Crippen molar-refractivity contribution in [2.75, 3.05) is 14.2 Å². The summed E-state index contributed by atoms with van der Waals surface area (Å²) in [7, 11) is 2.99. The van der Waals surface area contributed by atoms with Crippen LogP contribution < -0.4 is 25.6 Å². The molecule has 7 nitrogen and oxygen atoms in total. The standard InChI is InChI=1S/C18H19N3O4S/c1-24-14-9-8-13(11-15(14)25-2)17(23)20-21-18(26)19-16(22)10-12-6-4-3-5-7-12/h3-9,11H,10H2,1-2H3,(H,20,23)(H2,19,21,22,26). The summed E-state index contributed by atoms with van der Waals surface area (Å²) in [5, 5.41) is 2.50. The molecule has 3 N–H and O–H groups in total. The highest BCUT2D eigenvalue weighted by Crippen LogP contribution is 2.27. The molecule has 0 unspecified atom stereocenters. The van der Waals surface area contributed by atoms with E-state index in [1.807, 2.05) is 30.3 Å². The molecule has 0 radical (unpaired) electrons. The van der Waals surface area contributed by atoms with E-state index in [1.165, 1.54) is 20.3 Å². The summed E-state index contributed by atoms with van der Waals surface area (Å²) in [5.41, 5.74) is 6.11. The van der Waals surface area contributed by atoms with Crippen molar-refractivity contribution in [3.8, 4) is 11.5 Å². The second-order valence-corrected chi connectivity index (χ2v) is 5.60. The van der Waals surface area contributed by atoms with Crippen LogP contribution in [-0.4, -0.2) is 31.1 Å². The van der Waals surface area contributed by atoms with E-state index < -0.39 is 5.91 Å². The zero-order valence-electron chi connectivity index (χ0n) is 14.4. The number of hydrazine groups is 1. The average Bonchev–Trinajstić information content (AvgIpc) is 2.66. The molecule has 2 rings (SSSR count). The molecule has 2 aromatic rings. The van der Waals surface area contributed by atoms with Crippen molar-refractivity contribution in [2.24, 2.45) is 0 Å². The maximum absolute atomic E-state index is 12.2. The fourth-order valence-electron chi connectivity index (χ4n) is 2.15. The number of amides is 2. The molecule has 0 spiro atoms. The number of rotatable bonds is 5. The molecular formula is C18H19N3O4S. The van der Waals surface area contributed by atoms with Crippen LogP contribution in [0.25, 0.3) is 0 Å². The summed E-state index contributed by atoms with van der Waals surface area (Å²) in [6, 6.07) is 14.0. The fraction of sp³-hybridized carbons (Fsp3) is 0.167. The van der Waals surface area contributed by atoms with E-state index in [-0.39, 0.29) is 17.4 Å². The average molecular weight is 373 g/mol. The van der Waals surface area contributed by atoms with E-state index in [2.05, 4.69) is 16.2 Å². The van der Waals surface area contributed by atoms with Gasteiger partial charge in [0, 0.05) is 5.56 Å². The van der Waals surface area contributed by atoms with E-state index in [0.717, 1.165) is 5.56 Å². The molecule has 0 aliphatic carbocycles.